The highest BCUT2D eigenvalue weighted by molar-refractivity contribution is 7.90. The minimum absolute atomic E-state index is 0.155. The summed E-state index contributed by atoms with van der Waals surface area (Å²) >= 11 is 4.21. The summed E-state index contributed by atoms with van der Waals surface area (Å²) in [6.07, 6.45) is 1.20. The Morgan fingerprint density at radius 3 is 2.20 bits per heavy atom. The Hall–Kier alpha value is -0.520. The van der Waals surface area contributed by atoms with Crippen molar-refractivity contribution in [2.75, 3.05) is 19.1 Å². The Kier molecular flexibility index (Phi) is 4.19. The SMILES string of the molecule is CNC(CS)c1ccc(S(C)(=O)=O)cc1. The molecule has 1 aromatic rings. The smallest absolute Gasteiger partial charge is 0.175 e. The Balaban J connectivity index is 3.00. The first-order valence-corrected chi connectivity index (χ1v) is 7.09. The van der Waals surface area contributed by atoms with E-state index in [2.05, 4.69) is 17.9 Å². The monoisotopic (exact) mass is 245 g/mol. The highest BCUT2D eigenvalue weighted by Crippen LogP contribution is 2.17. The Morgan fingerprint density at radius 1 is 1.33 bits per heavy atom. The van der Waals surface area contributed by atoms with Crippen molar-refractivity contribution in [2.24, 2.45) is 0 Å². The summed E-state index contributed by atoms with van der Waals surface area (Å²) in [4.78, 5) is 0.347. The third kappa shape index (κ3) is 3.22. The molecule has 1 atom stereocenters. The van der Waals surface area contributed by atoms with Crippen molar-refractivity contribution in [3.8, 4) is 0 Å². The van der Waals surface area contributed by atoms with Gasteiger partial charge in [0.15, 0.2) is 9.84 Å². The van der Waals surface area contributed by atoms with Crippen LogP contribution in [0.5, 0.6) is 0 Å². The molecule has 5 heteroatoms. The molecule has 0 aromatic heterocycles. The second kappa shape index (κ2) is 5.01. The normalized spacial score (nSPS) is 13.8. The fourth-order valence-corrected chi connectivity index (χ4v) is 2.33. The van der Waals surface area contributed by atoms with Crippen molar-refractivity contribution >= 4 is 22.5 Å². The molecule has 0 fully saturated rings. The average molecular weight is 245 g/mol. The van der Waals surface area contributed by atoms with Crippen LogP contribution in [0.25, 0.3) is 0 Å². The van der Waals surface area contributed by atoms with E-state index in [0.717, 1.165) is 5.56 Å². The Morgan fingerprint density at radius 2 is 1.87 bits per heavy atom. The van der Waals surface area contributed by atoms with Crippen LogP contribution in [0.4, 0.5) is 0 Å². The highest BCUT2D eigenvalue weighted by Gasteiger charge is 2.09. The third-order valence-corrected chi connectivity index (χ3v) is 3.74. The van der Waals surface area contributed by atoms with Gasteiger partial charge in [0, 0.05) is 18.1 Å². The van der Waals surface area contributed by atoms with Crippen LogP contribution in [0.15, 0.2) is 29.2 Å². The van der Waals surface area contributed by atoms with Crippen LogP contribution in [-0.2, 0) is 9.84 Å². The predicted octanol–water partition coefficient (Wildman–Crippen LogP) is 1.28. The quantitative estimate of drug-likeness (QED) is 0.786. The highest BCUT2D eigenvalue weighted by atomic mass is 32.2. The van der Waals surface area contributed by atoms with Crippen LogP contribution in [0, 0.1) is 0 Å². The summed E-state index contributed by atoms with van der Waals surface area (Å²) < 4.78 is 22.4. The van der Waals surface area contributed by atoms with Crippen LogP contribution in [0.1, 0.15) is 11.6 Å². The Bertz CT molecular complexity index is 408. The van der Waals surface area contributed by atoms with Crippen molar-refractivity contribution < 1.29 is 8.42 Å². The van der Waals surface area contributed by atoms with Gasteiger partial charge in [-0.1, -0.05) is 12.1 Å². The van der Waals surface area contributed by atoms with Gasteiger partial charge in [0.05, 0.1) is 4.90 Å². The first kappa shape index (κ1) is 12.5. The number of thiol groups is 1. The van der Waals surface area contributed by atoms with E-state index in [9.17, 15) is 8.42 Å². The first-order valence-electron chi connectivity index (χ1n) is 4.57. The standard InChI is InChI=1S/C10H15NO2S2/c1-11-10(7-14)8-3-5-9(6-4-8)15(2,12)13/h3-6,10-11,14H,7H2,1-2H3. The number of rotatable bonds is 4. The van der Waals surface area contributed by atoms with E-state index in [1.807, 2.05) is 19.2 Å². The zero-order valence-electron chi connectivity index (χ0n) is 8.77. The second-order valence-corrected chi connectivity index (χ2v) is 5.75. The molecule has 0 heterocycles. The van der Waals surface area contributed by atoms with Crippen molar-refractivity contribution in [3.05, 3.63) is 29.8 Å². The summed E-state index contributed by atoms with van der Waals surface area (Å²) in [5.41, 5.74) is 1.04. The van der Waals surface area contributed by atoms with Gasteiger partial charge in [-0.15, -0.1) is 0 Å². The summed E-state index contributed by atoms with van der Waals surface area (Å²) in [5.74, 6) is 0.675. The molecule has 1 unspecified atom stereocenters. The summed E-state index contributed by atoms with van der Waals surface area (Å²) in [7, 11) is -1.25. The van der Waals surface area contributed by atoms with Gasteiger partial charge in [-0.25, -0.2) is 8.42 Å². The molecular formula is C10H15NO2S2. The maximum Gasteiger partial charge on any atom is 0.175 e. The summed E-state index contributed by atoms with van der Waals surface area (Å²) in [6, 6.07) is 7.03. The number of nitrogens with one attached hydrogen (secondary N) is 1. The number of hydrogen-bond acceptors (Lipinski definition) is 4. The van der Waals surface area contributed by atoms with Crippen LogP contribution in [0.2, 0.25) is 0 Å². The minimum Gasteiger partial charge on any atom is -0.312 e. The number of sulfone groups is 1. The molecule has 0 bridgehead atoms. The molecule has 15 heavy (non-hydrogen) atoms. The fraction of sp³-hybridized carbons (Fsp3) is 0.400. The van der Waals surface area contributed by atoms with Crippen LogP contribution >= 0.6 is 12.6 Å². The predicted molar refractivity (Wildman–Crippen MR) is 65.2 cm³/mol. The van der Waals surface area contributed by atoms with Crippen molar-refractivity contribution in [3.63, 3.8) is 0 Å². The largest absolute Gasteiger partial charge is 0.312 e. The van der Waals surface area contributed by atoms with Gasteiger partial charge in [0.2, 0.25) is 0 Å². The minimum atomic E-state index is -3.10. The van der Waals surface area contributed by atoms with Gasteiger partial charge in [0.1, 0.15) is 0 Å². The van der Waals surface area contributed by atoms with E-state index < -0.39 is 9.84 Å². The van der Waals surface area contributed by atoms with Crippen molar-refractivity contribution in [1.29, 1.82) is 0 Å². The number of benzene rings is 1. The lowest BCUT2D eigenvalue weighted by Crippen LogP contribution is -2.17. The van der Waals surface area contributed by atoms with Crippen LogP contribution in [0.3, 0.4) is 0 Å². The molecule has 0 saturated carbocycles. The topological polar surface area (TPSA) is 46.2 Å². The molecule has 0 aliphatic heterocycles. The maximum absolute atomic E-state index is 11.2. The molecule has 0 saturated heterocycles. The van der Waals surface area contributed by atoms with Gasteiger partial charge in [-0.05, 0) is 24.7 Å². The summed E-state index contributed by atoms with van der Waals surface area (Å²) in [5, 5.41) is 3.10. The second-order valence-electron chi connectivity index (χ2n) is 3.37. The van der Waals surface area contributed by atoms with Gasteiger partial charge < -0.3 is 5.32 Å². The molecule has 0 amide bonds. The van der Waals surface area contributed by atoms with E-state index in [4.69, 9.17) is 0 Å². The third-order valence-electron chi connectivity index (χ3n) is 2.24. The van der Waals surface area contributed by atoms with E-state index in [1.54, 1.807) is 12.1 Å². The molecule has 0 aliphatic carbocycles. The lowest BCUT2D eigenvalue weighted by molar-refractivity contribution is 0.601. The fourth-order valence-electron chi connectivity index (χ4n) is 1.31. The zero-order valence-corrected chi connectivity index (χ0v) is 10.5. The Labute approximate surface area is 96.2 Å². The molecule has 0 radical (unpaired) electrons. The molecule has 0 aliphatic rings. The molecule has 84 valence electrons. The van der Waals surface area contributed by atoms with Gasteiger partial charge in [0.25, 0.3) is 0 Å². The van der Waals surface area contributed by atoms with E-state index in [1.165, 1.54) is 6.26 Å². The molecule has 1 N–H and O–H groups in total. The van der Waals surface area contributed by atoms with E-state index in [0.29, 0.717) is 10.6 Å². The van der Waals surface area contributed by atoms with Crippen molar-refractivity contribution in [1.82, 2.24) is 5.32 Å². The number of hydrogen-bond donors (Lipinski definition) is 2. The lowest BCUT2D eigenvalue weighted by Gasteiger charge is -2.13. The molecule has 3 nitrogen and oxygen atoms in total. The molecule has 1 rings (SSSR count). The van der Waals surface area contributed by atoms with Crippen molar-refractivity contribution in [2.45, 2.75) is 10.9 Å². The molecule has 1 aromatic carbocycles. The van der Waals surface area contributed by atoms with E-state index >= 15 is 0 Å². The van der Waals surface area contributed by atoms with Gasteiger partial charge in [-0.2, -0.15) is 12.6 Å². The maximum atomic E-state index is 11.2. The van der Waals surface area contributed by atoms with Gasteiger partial charge in [-0.3, -0.25) is 0 Å². The lowest BCUT2D eigenvalue weighted by atomic mass is 10.1. The molecular weight excluding hydrogens is 230 g/mol. The van der Waals surface area contributed by atoms with Crippen LogP contribution < -0.4 is 5.32 Å². The molecule has 0 spiro atoms. The average Bonchev–Trinajstić information content (AvgIpc) is 2.19. The van der Waals surface area contributed by atoms with E-state index in [-0.39, 0.29) is 6.04 Å². The first-order chi connectivity index (χ1) is 6.99. The van der Waals surface area contributed by atoms with Gasteiger partial charge >= 0.3 is 0 Å². The summed E-state index contributed by atoms with van der Waals surface area (Å²) in [6.45, 7) is 0. The zero-order chi connectivity index (χ0) is 11.5. The van der Waals surface area contributed by atoms with Crippen LogP contribution in [-0.4, -0.2) is 27.5 Å².